The van der Waals surface area contributed by atoms with Crippen LogP contribution in [0.5, 0.6) is 0 Å². The largest absolute Gasteiger partial charge is 0.341 e. The molecule has 1 aromatic rings. The number of aromatic nitrogens is 1. The van der Waals surface area contributed by atoms with Gasteiger partial charge in [0.2, 0.25) is 5.91 Å². The molecule has 0 saturated carbocycles. The predicted octanol–water partition coefficient (Wildman–Crippen LogP) is 1.52. The first kappa shape index (κ1) is 13.0. The number of carbonyl (C=O) groups is 1. The van der Waals surface area contributed by atoms with Crippen molar-refractivity contribution in [2.24, 2.45) is 5.73 Å². The van der Waals surface area contributed by atoms with Crippen LogP contribution in [0, 0.1) is 0 Å². The Bertz CT molecular complexity index is 393. The van der Waals surface area contributed by atoms with E-state index in [9.17, 15) is 4.79 Å². The summed E-state index contributed by atoms with van der Waals surface area (Å²) in [5.41, 5.74) is 7.07. The Morgan fingerprint density at radius 1 is 1.56 bits per heavy atom. The van der Waals surface area contributed by atoms with E-state index in [-0.39, 0.29) is 17.9 Å². The van der Waals surface area contributed by atoms with Crippen molar-refractivity contribution >= 4 is 5.91 Å². The molecule has 1 saturated heterocycles. The molecular formula is C14H21N3O. The molecule has 1 aliphatic rings. The lowest BCUT2D eigenvalue weighted by atomic mass is 9.97. The number of likely N-dealkylation sites (tertiary alicyclic amines) is 1. The zero-order valence-corrected chi connectivity index (χ0v) is 10.9. The summed E-state index contributed by atoms with van der Waals surface area (Å²) in [6, 6.07) is 4.10. The summed E-state index contributed by atoms with van der Waals surface area (Å²) in [6.07, 6.45) is 6.15. The van der Waals surface area contributed by atoms with Crippen molar-refractivity contribution in [3.63, 3.8) is 0 Å². The number of nitrogens with two attached hydrogens (primary N) is 1. The van der Waals surface area contributed by atoms with Crippen LogP contribution in [0.15, 0.2) is 24.5 Å². The SMILES string of the molecule is C[C@@H](CC(=O)N1CCC[C@@H](N)C1)c1ccncc1. The molecule has 4 heteroatoms. The Morgan fingerprint density at radius 2 is 2.28 bits per heavy atom. The van der Waals surface area contributed by atoms with Crippen molar-refractivity contribution in [2.45, 2.75) is 38.1 Å². The van der Waals surface area contributed by atoms with E-state index in [2.05, 4.69) is 11.9 Å². The van der Waals surface area contributed by atoms with Gasteiger partial charge in [-0.1, -0.05) is 6.92 Å². The van der Waals surface area contributed by atoms with Crippen LogP contribution in [-0.2, 0) is 4.79 Å². The van der Waals surface area contributed by atoms with Crippen molar-refractivity contribution in [3.8, 4) is 0 Å². The Hall–Kier alpha value is -1.42. The molecule has 0 unspecified atom stereocenters. The fourth-order valence-electron chi connectivity index (χ4n) is 2.44. The lowest BCUT2D eigenvalue weighted by Gasteiger charge is -2.31. The number of carbonyl (C=O) groups excluding carboxylic acids is 1. The summed E-state index contributed by atoms with van der Waals surface area (Å²) in [6.45, 7) is 3.65. The van der Waals surface area contributed by atoms with Crippen LogP contribution < -0.4 is 5.73 Å². The summed E-state index contributed by atoms with van der Waals surface area (Å²) >= 11 is 0. The number of amides is 1. The van der Waals surface area contributed by atoms with Gasteiger partial charge in [0.05, 0.1) is 0 Å². The molecular weight excluding hydrogens is 226 g/mol. The topological polar surface area (TPSA) is 59.2 Å². The van der Waals surface area contributed by atoms with Crippen LogP contribution in [0.1, 0.15) is 37.7 Å². The van der Waals surface area contributed by atoms with Gasteiger partial charge in [0.1, 0.15) is 0 Å². The van der Waals surface area contributed by atoms with Crippen molar-refractivity contribution in [2.75, 3.05) is 13.1 Å². The molecule has 0 spiro atoms. The van der Waals surface area contributed by atoms with E-state index in [1.165, 1.54) is 5.56 Å². The molecule has 2 heterocycles. The van der Waals surface area contributed by atoms with Crippen molar-refractivity contribution < 1.29 is 4.79 Å². The van der Waals surface area contributed by atoms with Gasteiger partial charge in [0.25, 0.3) is 0 Å². The van der Waals surface area contributed by atoms with Crippen LogP contribution >= 0.6 is 0 Å². The molecule has 18 heavy (non-hydrogen) atoms. The molecule has 0 aromatic carbocycles. The molecule has 2 rings (SSSR count). The van der Waals surface area contributed by atoms with Crippen LogP contribution in [0.25, 0.3) is 0 Å². The minimum atomic E-state index is 0.152. The third kappa shape index (κ3) is 3.29. The van der Waals surface area contributed by atoms with E-state index in [1.54, 1.807) is 12.4 Å². The molecule has 1 fully saturated rings. The molecule has 0 bridgehead atoms. The average Bonchev–Trinajstić information content (AvgIpc) is 2.39. The van der Waals surface area contributed by atoms with Crippen LogP contribution in [0.3, 0.4) is 0 Å². The molecule has 2 atom stereocenters. The number of hydrogen-bond acceptors (Lipinski definition) is 3. The Balaban J connectivity index is 1.91. The van der Waals surface area contributed by atoms with Gasteiger partial charge in [0, 0.05) is 37.9 Å². The second kappa shape index (κ2) is 5.96. The van der Waals surface area contributed by atoms with E-state index in [1.807, 2.05) is 17.0 Å². The van der Waals surface area contributed by atoms with Gasteiger partial charge >= 0.3 is 0 Å². The predicted molar refractivity (Wildman–Crippen MR) is 71.1 cm³/mol. The lowest BCUT2D eigenvalue weighted by Crippen LogP contribution is -2.45. The maximum Gasteiger partial charge on any atom is 0.223 e. The Kier molecular flexibility index (Phi) is 4.31. The van der Waals surface area contributed by atoms with Gasteiger partial charge in [-0.25, -0.2) is 0 Å². The van der Waals surface area contributed by atoms with Crippen molar-refractivity contribution in [3.05, 3.63) is 30.1 Å². The van der Waals surface area contributed by atoms with Gasteiger partial charge < -0.3 is 10.6 Å². The average molecular weight is 247 g/mol. The standard InChI is InChI=1S/C14H21N3O/c1-11(12-4-6-16-7-5-12)9-14(18)17-8-2-3-13(15)10-17/h4-7,11,13H,2-3,8-10,15H2,1H3/t11-,13+/m0/s1. The minimum Gasteiger partial charge on any atom is -0.341 e. The van der Waals surface area contributed by atoms with Gasteiger partial charge in [-0.3, -0.25) is 9.78 Å². The molecule has 0 aliphatic carbocycles. The quantitative estimate of drug-likeness (QED) is 0.881. The lowest BCUT2D eigenvalue weighted by molar-refractivity contribution is -0.132. The van der Waals surface area contributed by atoms with Gasteiger partial charge in [-0.05, 0) is 36.5 Å². The van der Waals surface area contributed by atoms with E-state index in [4.69, 9.17) is 5.73 Å². The van der Waals surface area contributed by atoms with Crippen LogP contribution in [0.4, 0.5) is 0 Å². The highest BCUT2D eigenvalue weighted by Gasteiger charge is 2.22. The van der Waals surface area contributed by atoms with E-state index >= 15 is 0 Å². The second-order valence-corrected chi connectivity index (χ2v) is 5.13. The zero-order valence-electron chi connectivity index (χ0n) is 10.9. The highest BCUT2D eigenvalue weighted by atomic mass is 16.2. The minimum absolute atomic E-state index is 0.152. The number of rotatable bonds is 3. The Morgan fingerprint density at radius 3 is 2.94 bits per heavy atom. The highest BCUT2D eigenvalue weighted by Crippen LogP contribution is 2.20. The molecule has 0 radical (unpaired) electrons. The summed E-state index contributed by atoms with van der Waals surface area (Å²) in [5.74, 6) is 0.452. The first-order valence-electron chi connectivity index (χ1n) is 6.60. The molecule has 1 amide bonds. The summed E-state index contributed by atoms with van der Waals surface area (Å²) in [5, 5.41) is 0. The first-order chi connectivity index (χ1) is 8.66. The Labute approximate surface area is 108 Å². The first-order valence-corrected chi connectivity index (χ1v) is 6.60. The van der Waals surface area contributed by atoms with Crippen LogP contribution in [0.2, 0.25) is 0 Å². The van der Waals surface area contributed by atoms with Gasteiger partial charge in [0.15, 0.2) is 0 Å². The summed E-state index contributed by atoms with van der Waals surface area (Å²) in [7, 11) is 0. The van der Waals surface area contributed by atoms with Gasteiger partial charge in [-0.2, -0.15) is 0 Å². The molecule has 4 nitrogen and oxygen atoms in total. The number of piperidine rings is 1. The third-order valence-electron chi connectivity index (χ3n) is 3.57. The second-order valence-electron chi connectivity index (χ2n) is 5.13. The van der Waals surface area contributed by atoms with Crippen molar-refractivity contribution in [1.29, 1.82) is 0 Å². The molecule has 1 aliphatic heterocycles. The fraction of sp³-hybridized carbons (Fsp3) is 0.571. The third-order valence-corrected chi connectivity index (χ3v) is 3.57. The van der Waals surface area contributed by atoms with E-state index < -0.39 is 0 Å². The summed E-state index contributed by atoms with van der Waals surface area (Å²) < 4.78 is 0. The molecule has 1 aromatic heterocycles. The smallest absolute Gasteiger partial charge is 0.223 e. The van der Waals surface area contributed by atoms with Crippen LogP contribution in [-0.4, -0.2) is 34.9 Å². The van der Waals surface area contributed by atoms with E-state index in [0.29, 0.717) is 13.0 Å². The summed E-state index contributed by atoms with van der Waals surface area (Å²) in [4.78, 5) is 18.1. The number of pyridine rings is 1. The maximum absolute atomic E-state index is 12.2. The monoisotopic (exact) mass is 247 g/mol. The normalized spacial score (nSPS) is 21.7. The van der Waals surface area contributed by atoms with Gasteiger partial charge in [-0.15, -0.1) is 0 Å². The number of nitrogens with zero attached hydrogens (tertiary/aromatic N) is 2. The number of hydrogen-bond donors (Lipinski definition) is 1. The van der Waals surface area contributed by atoms with Crippen molar-refractivity contribution in [1.82, 2.24) is 9.88 Å². The molecule has 2 N–H and O–H groups in total. The molecule has 98 valence electrons. The van der Waals surface area contributed by atoms with E-state index in [0.717, 1.165) is 19.4 Å². The fourth-order valence-corrected chi connectivity index (χ4v) is 2.44. The highest BCUT2D eigenvalue weighted by molar-refractivity contribution is 5.77. The maximum atomic E-state index is 12.2. The zero-order chi connectivity index (χ0) is 13.0.